The smallest absolute Gasteiger partial charge is 0.142 e. The summed E-state index contributed by atoms with van der Waals surface area (Å²) in [7, 11) is 0. The van der Waals surface area contributed by atoms with Crippen LogP contribution in [0.4, 0.5) is 4.39 Å². The molecule has 1 N–H and O–H groups in total. The van der Waals surface area contributed by atoms with E-state index in [9.17, 15) is 9.50 Å². The molecule has 0 bridgehead atoms. The van der Waals surface area contributed by atoms with Gasteiger partial charge < -0.3 is 5.11 Å². The molecule has 1 aliphatic heterocycles. The monoisotopic (exact) mass is 285 g/mol. The number of aliphatic hydroxyl groups is 1. The van der Waals surface area contributed by atoms with E-state index < -0.39 is 5.60 Å². The Hall–Kier alpha value is -0.640. The minimum atomic E-state index is -0.644. The van der Waals surface area contributed by atoms with Crippen molar-refractivity contribution in [3.63, 3.8) is 0 Å². The quantitative estimate of drug-likeness (QED) is 0.899. The fraction of sp³-hybridized carbons (Fsp3) is 0.600. The first-order valence-electron chi connectivity index (χ1n) is 6.60. The summed E-state index contributed by atoms with van der Waals surface area (Å²) in [6.07, 6.45) is 0.732. The van der Waals surface area contributed by atoms with Crippen molar-refractivity contribution >= 4 is 11.6 Å². The Bertz CT molecular complexity index is 473. The Kier molecular flexibility index (Phi) is 3.92. The van der Waals surface area contributed by atoms with Crippen LogP contribution in [-0.2, 0) is 6.54 Å². The second-order valence-corrected chi connectivity index (χ2v) is 6.77. The topological polar surface area (TPSA) is 23.5 Å². The van der Waals surface area contributed by atoms with E-state index in [1.165, 1.54) is 6.07 Å². The predicted molar refractivity (Wildman–Crippen MR) is 75.7 cm³/mol. The Morgan fingerprint density at radius 3 is 2.63 bits per heavy atom. The van der Waals surface area contributed by atoms with Crippen molar-refractivity contribution in [3.8, 4) is 0 Å². The van der Waals surface area contributed by atoms with E-state index in [2.05, 4.69) is 18.7 Å². The number of rotatable bonds is 2. The Morgan fingerprint density at radius 2 is 2.05 bits per heavy atom. The molecule has 1 atom stereocenters. The van der Waals surface area contributed by atoms with E-state index in [4.69, 9.17) is 11.6 Å². The highest BCUT2D eigenvalue weighted by atomic mass is 35.5. The highest BCUT2D eigenvalue weighted by molar-refractivity contribution is 6.30. The van der Waals surface area contributed by atoms with Crippen LogP contribution < -0.4 is 0 Å². The van der Waals surface area contributed by atoms with Gasteiger partial charge in [-0.05, 0) is 31.0 Å². The molecule has 0 radical (unpaired) electrons. The lowest BCUT2D eigenvalue weighted by Gasteiger charge is -2.48. The van der Waals surface area contributed by atoms with Crippen LogP contribution in [0.2, 0.25) is 5.02 Å². The van der Waals surface area contributed by atoms with Crippen LogP contribution >= 0.6 is 11.6 Å². The maximum absolute atomic E-state index is 13.4. The van der Waals surface area contributed by atoms with Crippen LogP contribution in [0.1, 0.15) is 32.8 Å². The summed E-state index contributed by atoms with van der Waals surface area (Å²) in [5.41, 5.74) is 0.101. The van der Waals surface area contributed by atoms with E-state index in [1.54, 1.807) is 6.07 Å². The third-order valence-corrected chi connectivity index (χ3v) is 4.69. The second kappa shape index (κ2) is 5.04. The van der Waals surface area contributed by atoms with Gasteiger partial charge in [-0.2, -0.15) is 0 Å². The second-order valence-electron chi connectivity index (χ2n) is 6.37. The molecule has 2 nitrogen and oxygen atoms in total. The first kappa shape index (κ1) is 14.8. The summed E-state index contributed by atoms with van der Waals surface area (Å²) in [5, 5.41) is 10.5. The van der Waals surface area contributed by atoms with Crippen molar-refractivity contribution in [3.05, 3.63) is 34.6 Å². The van der Waals surface area contributed by atoms with E-state index in [-0.39, 0.29) is 16.3 Å². The molecule has 0 saturated carbocycles. The van der Waals surface area contributed by atoms with Crippen LogP contribution in [0.15, 0.2) is 18.2 Å². The van der Waals surface area contributed by atoms with Gasteiger partial charge in [-0.15, -0.1) is 0 Å². The van der Waals surface area contributed by atoms with Gasteiger partial charge in [-0.3, -0.25) is 4.90 Å². The maximum Gasteiger partial charge on any atom is 0.142 e. The van der Waals surface area contributed by atoms with Gasteiger partial charge >= 0.3 is 0 Å². The summed E-state index contributed by atoms with van der Waals surface area (Å²) in [6.45, 7) is 8.34. The van der Waals surface area contributed by atoms with Crippen LogP contribution in [0.25, 0.3) is 0 Å². The van der Waals surface area contributed by atoms with Crippen molar-refractivity contribution in [1.82, 2.24) is 4.90 Å². The molecule has 0 aromatic heterocycles. The van der Waals surface area contributed by atoms with Gasteiger partial charge in [0.05, 0.1) is 10.6 Å². The zero-order valence-electron chi connectivity index (χ0n) is 11.7. The third-order valence-electron chi connectivity index (χ3n) is 4.38. The zero-order chi connectivity index (χ0) is 14.3. The summed E-state index contributed by atoms with van der Waals surface area (Å²) in [4.78, 5) is 2.25. The molecule has 1 aliphatic rings. The molecule has 0 aliphatic carbocycles. The van der Waals surface area contributed by atoms with E-state index >= 15 is 0 Å². The van der Waals surface area contributed by atoms with Crippen molar-refractivity contribution in [1.29, 1.82) is 0 Å². The van der Waals surface area contributed by atoms with Gasteiger partial charge in [0.1, 0.15) is 5.82 Å². The standard InChI is InChI=1S/C15H21ClFNO/c1-14(2)10-18(7-6-15(14,3)19)9-11-4-5-12(16)13(17)8-11/h4-5,8,19H,6-7,9-10H2,1-3H3/t15-/m0/s1. The van der Waals surface area contributed by atoms with E-state index in [0.29, 0.717) is 6.54 Å². The number of likely N-dealkylation sites (tertiary alicyclic amines) is 1. The molecule has 1 saturated heterocycles. The van der Waals surface area contributed by atoms with Crippen molar-refractivity contribution < 1.29 is 9.50 Å². The predicted octanol–water partition coefficient (Wildman–Crippen LogP) is 3.46. The largest absolute Gasteiger partial charge is 0.390 e. The highest BCUT2D eigenvalue weighted by Gasteiger charge is 2.43. The molecule has 0 spiro atoms. The molecule has 19 heavy (non-hydrogen) atoms. The molecular weight excluding hydrogens is 265 g/mol. The van der Waals surface area contributed by atoms with Crippen LogP contribution in [0.5, 0.6) is 0 Å². The first-order chi connectivity index (χ1) is 8.71. The van der Waals surface area contributed by atoms with E-state index in [1.807, 2.05) is 13.0 Å². The molecule has 2 rings (SSSR count). The Morgan fingerprint density at radius 1 is 1.37 bits per heavy atom. The lowest BCUT2D eigenvalue weighted by atomic mass is 9.71. The number of piperidine rings is 1. The molecule has 1 aromatic carbocycles. The molecular formula is C15H21ClFNO. The van der Waals surface area contributed by atoms with Gasteiger partial charge in [0.2, 0.25) is 0 Å². The number of hydrogen-bond donors (Lipinski definition) is 1. The Labute approximate surface area is 119 Å². The fourth-order valence-electron chi connectivity index (χ4n) is 2.55. The SMILES string of the molecule is CC1(C)CN(Cc2ccc(Cl)c(F)c2)CC[C@]1(C)O. The summed E-state index contributed by atoms with van der Waals surface area (Å²) in [5.74, 6) is -0.373. The summed E-state index contributed by atoms with van der Waals surface area (Å²) >= 11 is 5.68. The fourth-order valence-corrected chi connectivity index (χ4v) is 2.67. The lowest BCUT2D eigenvalue weighted by molar-refractivity contribution is -0.107. The molecule has 1 aromatic rings. The molecule has 1 heterocycles. The normalized spacial score (nSPS) is 27.5. The number of hydrogen-bond acceptors (Lipinski definition) is 2. The lowest BCUT2D eigenvalue weighted by Crippen LogP contribution is -2.55. The molecule has 0 amide bonds. The van der Waals surface area contributed by atoms with Gasteiger partial charge in [0.25, 0.3) is 0 Å². The van der Waals surface area contributed by atoms with Crippen LogP contribution in [0.3, 0.4) is 0 Å². The number of benzene rings is 1. The van der Waals surface area contributed by atoms with Gasteiger partial charge in [0, 0.05) is 25.0 Å². The average Bonchev–Trinajstić information content (AvgIpc) is 2.29. The van der Waals surface area contributed by atoms with Crippen LogP contribution in [-0.4, -0.2) is 28.7 Å². The first-order valence-corrected chi connectivity index (χ1v) is 6.98. The average molecular weight is 286 g/mol. The number of halogens is 2. The summed E-state index contributed by atoms with van der Waals surface area (Å²) in [6, 6.07) is 4.94. The third kappa shape index (κ3) is 3.10. The van der Waals surface area contributed by atoms with Gasteiger partial charge in [-0.1, -0.05) is 31.5 Å². The van der Waals surface area contributed by atoms with Gasteiger partial charge in [0.15, 0.2) is 0 Å². The minimum absolute atomic E-state index is 0.158. The molecule has 4 heteroatoms. The summed E-state index contributed by atoms with van der Waals surface area (Å²) < 4.78 is 13.4. The zero-order valence-corrected chi connectivity index (χ0v) is 12.5. The van der Waals surface area contributed by atoms with E-state index in [0.717, 1.165) is 25.1 Å². The maximum atomic E-state index is 13.4. The van der Waals surface area contributed by atoms with Crippen LogP contribution in [0, 0.1) is 11.2 Å². The van der Waals surface area contributed by atoms with Gasteiger partial charge in [-0.25, -0.2) is 4.39 Å². The van der Waals surface area contributed by atoms with Crippen molar-refractivity contribution in [2.45, 2.75) is 39.3 Å². The Balaban J connectivity index is 2.07. The minimum Gasteiger partial charge on any atom is -0.390 e. The van der Waals surface area contributed by atoms with Crippen molar-refractivity contribution in [2.24, 2.45) is 5.41 Å². The van der Waals surface area contributed by atoms with Crippen molar-refractivity contribution in [2.75, 3.05) is 13.1 Å². The highest BCUT2D eigenvalue weighted by Crippen LogP contribution is 2.38. The molecule has 1 fully saturated rings. The number of nitrogens with zero attached hydrogens (tertiary/aromatic N) is 1. The molecule has 0 unspecified atom stereocenters. The molecule has 106 valence electrons.